The van der Waals surface area contributed by atoms with E-state index in [1.54, 1.807) is 52.7 Å². The molecule has 62 heavy (non-hydrogen) atoms. The van der Waals surface area contributed by atoms with Gasteiger partial charge in [-0.25, -0.2) is 0 Å². The minimum atomic E-state index is -0.290. The Balaban J connectivity index is 0.00000544. The van der Waals surface area contributed by atoms with E-state index in [1.807, 2.05) is 95.0 Å². The maximum atomic E-state index is 13.9. The van der Waals surface area contributed by atoms with Crippen molar-refractivity contribution in [3.8, 4) is 34.5 Å². The molecule has 0 aromatic heterocycles. The van der Waals surface area contributed by atoms with Gasteiger partial charge in [0, 0.05) is 39.1 Å². The Kier molecular flexibility index (Phi) is 11.2. The predicted octanol–water partition coefficient (Wildman–Crippen LogP) is 9.15. The average Bonchev–Trinajstić information content (AvgIpc) is 3.55. The number of methoxy groups -OCH3 is 4. The maximum Gasteiger partial charge on any atom is 0.256 e. The lowest BCUT2D eigenvalue weighted by atomic mass is 9.95. The van der Waals surface area contributed by atoms with Crippen molar-refractivity contribution in [1.82, 2.24) is 9.80 Å². The molecule has 0 saturated heterocycles. The summed E-state index contributed by atoms with van der Waals surface area (Å²) in [5.41, 5.74) is 8.27. The summed E-state index contributed by atoms with van der Waals surface area (Å²) >= 11 is 0. The molecule has 0 bridgehead atoms. The molecule has 316 valence electrons. The van der Waals surface area contributed by atoms with Gasteiger partial charge in [0.2, 0.25) is 0 Å². The molecule has 2 atom stereocenters. The van der Waals surface area contributed by atoms with Crippen LogP contribution >= 0.6 is 0 Å². The number of fused-ring (bicyclic) bond motifs is 4. The zero-order chi connectivity index (χ0) is 42.7. The van der Waals surface area contributed by atoms with Gasteiger partial charge in [-0.15, -0.1) is 0 Å². The van der Waals surface area contributed by atoms with Gasteiger partial charge in [0.25, 0.3) is 11.8 Å². The SMILES string of the molecule is COc1ccc(C2=CC3C=Nc4cc(OCc5cccc(COc6cc7c(cc6OC)C(=O)N6CCC(c8ccc(OC)cc8)=C[C@H]6C=N7)c5)c(OC)cc4C(=O)N3CC2)cc1.[HH]. The molecular formula is C50H48N4O8. The fraction of sp³-hybridized carbons (Fsp3) is 0.240. The van der Waals surface area contributed by atoms with Crippen LogP contribution in [0.3, 0.4) is 0 Å². The summed E-state index contributed by atoms with van der Waals surface area (Å²) in [5, 5.41) is 0. The van der Waals surface area contributed by atoms with Crippen molar-refractivity contribution in [1.29, 1.82) is 0 Å². The number of rotatable bonds is 12. The molecular weight excluding hydrogens is 785 g/mol. The van der Waals surface area contributed by atoms with Crippen LogP contribution in [-0.2, 0) is 13.2 Å². The van der Waals surface area contributed by atoms with Gasteiger partial charge in [0.05, 0.1) is 63.0 Å². The number of aliphatic imine (C=N–C) groups is 2. The second-order valence-corrected chi connectivity index (χ2v) is 15.3. The lowest BCUT2D eigenvalue weighted by Crippen LogP contribution is -2.42. The molecule has 5 aromatic rings. The third-order valence-corrected chi connectivity index (χ3v) is 11.7. The molecule has 12 nitrogen and oxygen atoms in total. The van der Waals surface area contributed by atoms with Crippen LogP contribution in [0, 0.1) is 0 Å². The number of hydrogen-bond acceptors (Lipinski definition) is 10. The minimum absolute atomic E-state index is 0. The second-order valence-electron chi connectivity index (χ2n) is 15.3. The van der Waals surface area contributed by atoms with Crippen molar-refractivity contribution in [2.75, 3.05) is 41.5 Å². The first-order chi connectivity index (χ1) is 30.3. The molecule has 4 aliphatic rings. The lowest BCUT2D eigenvalue weighted by molar-refractivity contribution is 0.0744. The number of nitrogens with zero attached hydrogens (tertiary/aromatic N) is 4. The van der Waals surface area contributed by atoms with Crippen LogP contribution in [0.2, 0.25) is 0 Å². The van der Waals surface area contributed by atoms with E-state index in [-0.39, 0.29) is 38.5 Å². The maximum absolute atomic E-state index is 13.9. The minimum Gasteiger partial charge on any atom is -0.497 e. The van der Waals surface area contributed by atoms with E-state index in [4.69, 9.17) is 38.4 Å². The van der Waals surface area contributed by atoms with Crippen LogP contribution in [0.25, 0.3) is 11.1 Å². The smallest absolute Gasteiger partial charge is 0.256 e. The van der Waals surface area contributed by atoms with Crippen molar-refractivity contribution in [2.24, 2.45) is 9.98 Å². The number of carbonyl (C=O) groups is 2. The normalized spacial score (nSPS) is 17.6. The van der Waals surface area contributed by atoms with E-state index in [0.29, 0.717) is 58.6 Å². The topological polar surface area (TPSA) is 121 Å². The van der Waals surface area contributed by atoms with E-state index in [0.717, 1.165) is 57.7 Å². The molecule has 0 aliphatic carbocycles. The molecule has 0 saturated carbocycles. The van der Waals surface area contributed by atoms with E-state index >= 15 is 0 Å². The number of carbonyl (C=O) groups excluding carboxylic acids is 2. The number of ether oxygens (including phenoxy) is 6. The van der Waals surface area contributed by atoms with Crippen molar-refractivity contribution in [3.63, 3.8) is 0 Å². The highest BCUT2D eigenvalue weighted by atomic mass is 16.5. The number of amides is 2. The van der Waals surface area contributed by atoms with Crippen molar-refractivity contribution in [3.05, 3.63) is 143 Å². The van der Waals surface area contributed by atoms with Gasteiger partial charge in [-0.1, -0.05) is 54.6 Å². The summed E-state index contributed by atoms with van der Waals surface area (Å²) < 4.78 is 34.7. The number of hydrogen-bond donors (Lipinski definition) is 0. The summed E-state index contributed by atoms with van der Waals surface area (Å²) in [4.78, 5) is 41.0. The van der Waals surface area contributed by atoms with Crippen LogP contribution in [-0.4, -0.2) is 87.7 Å². The molecule has 2 amide bonds. The van der Waals surface area contributed by atoms with Gasteiger partial charge >= 0.3 is 0 Å². The Bertz CT molecular complexity index is 2480. The van der Waals surface area contributed by atoms with Crippen molar-refractivity contribution in [2.45, 2.75) is 38.1 Å². The van der Waals surface area contributed by atoms with E-state index in [2.05, 4.69) is 12.2 Å². The number of benzene rings is 5. The summed E-state index contributed by atoms with van der Waals surface area (Å²) in [6.07, 6.45) is 9.28. The first-order valence-electron chi connectivity index (χ1n) is 20.5. The Morgan fingerprint density at radius 2 is 0.984 bits per heavy atom. The Morgan fingerprint density at radius 1 is 0.548 bits per heavy atom. The van der Waals surface area contributed by atoms with Gasteiger partial charge in [-0.05, 0) is 88.7 Å². The molecule has 0 radical (unpaired) electrons. The van der Waals surface area contributed by atoms with Crippen molar-refractivity contribution < 1.29 is 39.4 Å². The van der Waals surface area contributed by atoms with Crippen LogP contribution in [0.15, 0.2) is 119 Å². The average molecular weight is 833 g/mol. The molecule has 12 heteroatoms. The summed E-state index contributed by atoms with van der Waals surface area (Å²) in [5.74, 6) is 3.21. The Hall–Kier alpha value is -7.34. The highest BCUT2D eigenvalue weighted by Gasteiger charge is 2.33. The third-order valence-electron chi connectivity index (χ3n) is 11.7. The van der Waals surface area contributed by atoms with Crippen LogP contribution in [0.4, 0.5) is 11.4 Å². The predicted molar refractivity (Wildman–Crippen MR) is 240 cm³/mol. The van der Waals surface area contributed by atoms with E-state index in [9.17, 15) is 9.59 Å². The van der Waals surface area contributed by atoms with Gasteiger partial charge in [-0.3, -0.25) is 19.6 Å². The Labute approximate surface area is 361 Å². The first-order valence-corrected chi connectivity index (χ1v) is 20.5. The monoisotopic (exact) mass is 832 g/mol. The molecule has 0 fully saturated rings. The van der Waals surface area contributed by atoms with Gasteiger partial charge in [0.1, 0.15) is 24.7 Å². The summed E-state index contributed by atoms with van der Waals surface area (Å²) in [6, 6.07) is 30.2. The largest absolute Gasteiger partial charge is 0.497 e. The summed E-state index contributed by atoms with van der Waals surface area (Å²) in [7, 11) is 6.42. The Morgan fingerprint density at radius 3 is 1.39 bits per heavy atom. The standard InChI is InChI=1S/C50H46N4O8.H2/c1-57-39-12-8-33(9-13-39)35-16-18-53-37(21-35)27-51-43-25-47(45(59-3)23-41(43)49(53)55)61-29-31-6-5-7-32(20-31)30-62-48-26-44-42(24-46(48)60-4)50(56)54-19-17-36(22-38(54)28-52-44)34-10-14-40(58-2)15-11-34;/h5-15,20-28,37-38H,16-19,29-30H2,1-4H3;1H/t37-,38?;/m0./s1. The zero-order valence-corrected chi connectivity index (χ0v) is 35.0. The third kappa shape index (κ3) is 7.99. The molecule has 0 N–H and O–H groups in total. The van der Waals surface area contributed by atoms with E-state index < -0.39 is 0 Å². The van der Waals surface area contributed by atoms with Gasteiger partial charge in [-0.2, -0.15) is 0 Å². The highest BCUT2D eigenvalue weighted by molar-refractivity contribution is 6.05. The molecule has 4 aliphatic heterocycles. The molecule has 9 rings (SSSR count). The van der Waals surface area contributed by atoms with Crippen LogP contribution in [0.1, 0.15) is 57.2 Å². The fourth-order valence-corrected chi connectivity index (χ4v) is 8.30. The lowest BCUT2D eigenvalue weighted by Gasteiger charge is -2.31. The van der Waals surface area contributed by atoms with Crippen molar-refractivity contribution >= 4 is 46.8 Å². The molecule has 0 spiro atoms. The fourth-order valence-electron chi connectivity index (χ4n) is 8.30. The molecule has 1 unspecified atom stereocenters. The summed E-state index contributed by atoms with van der Waals surface area (Å²) in [6.45, 7) is 1.58. The first kappa shape index (κ1) is 40.1. The second kappa shape index (κ2) is 17.3. The van der Waals surface area contributed by atoms with E-state index in [1.165, 1.54) is 0 Å². The molecule has 5 aromatic carbocycles. The van der Waals surface area contributed by atoms with Crippen LogP contribution < -0.4 is 28.4 Å². The van der Waals surface area contributed by atoms with Gasteiger partial charge < -0.3 is 38.2 Å². The van der Waals surface area contributed by atoms with Crippen LogP contribution in [0.5, 0.6) is 34.5 Å². The molecule has 4 heterocycles. The van der Waals surface area contributed by atoms with Gasteiger partial charge in [0.15, 0.2) is 23.0 Å². The highest BCUT2D eigenvalue weighted by Crippen LogP contribution is 2.41. The quantitative estimate of drug-likeness (QED) is 0.122. The zero-order valence-electron chi connectivity index (χ0n) is 35.0.